The summed E-state index contributed by atoms with van der Waals surface area (Å²) in [4.78, 5) is 0. The average Bonchev–Trinajstić information content (AvgIpc) is 2.35. The summed E-state index contributed by atoms with van der Waals surface area (Å²) in [5, 5.41) is 0.705. The Bertz CT molecular complexity index is 616. The van der Waals surface area contributed by atoms with E-state index >= 15 is 0 Å². The van der Waals surface area contributed by atoms with E-state index in [0.717, 1.165) is 12.1 Å². The van der Waals surface area contributed by atoms with Gasteiger partial charge in [0.15, 0.2) is 0 Å². The molecule has 0 aromatic heterocycles. The minimum absolute atomic E-state index is 0.0948. The molecule has 0 aliphatic heterocycles. The molecule has 0 saturated carbocycles. The molecule has 0 bridgehead atoms. The van der Waals surface area contributed by atoms with Gasteiger partial charge in [-0.05, 0) is 47.0 Å². The van der Waals surface area contributed by atoms with Gasteiger partial charge in [-0.3, -0.25) is 0 Å². The van der Waals surface area contributed by atoms with Crippen LogP contribution in [0.1, 0.15) is 11.1 Å². The smallest absolute Gasteiger partial charge is 0.166 e. The third kappa shape index (κ3) is 3.40. The topological polar surface area (TPSA) is 0 Å². The monoisotopic (exact) mass is 338 g/mol. The molecule has 0 aliphatic rings. The fourth-order valence-corrected chi connectivity index (χ4v) is 2.61. The molecule has 0 radical (unpaired) electrons. The van der Waals surface area contributed by atoms with Crippen molar-refractivity contribution in [3.8, 4) is 11.1 Å². The number of hydrogen-bond acceptors (Lipinski definition) is 0. The van der Waals surface area contributed by atoms with E-state index in [1.807, 2.05) is 0 Å². The van der Waals surface area contributed by atoms with Gasteiger partial charge in [0, 0.05) is 15.9 Å². The lowest BCUT2D eigenvalue weighted by molar-refractivity contribution is -0.137. The summed E-state index contributed by atoms with van der Waals surface area (Å²) in [7, 11) is 0. The summed E-state index contributed by atoms with van der Waals surface area (Å²) in [6.45, 7) is 0. The van der Waals surface area contributed by atoms with E-state index < -0.39 is 11.7 Å². The van der Waals surface area contributed by atoms with Crippen molar-refractivity contribution in [2.75, 3.05) is 0 Å². The Balaban J connectivity index is 2.64. The van der Waals surface area contributed by atoms with Gasteiger partial charge >= 0.3 is 6.18 Å². The molecule has 0 atom stereocenters. The molecule has 0 nitrogen and oxygen atoms in total. The van der Waals surface area contributed by atoms with Crippen LogP contribution in [-0.2, 0) is 12.1 Å². The van der Waals surface area contributed by atoms with Crippen LogP contribution in [0.3, 0.4) is 0 Å². The zero-order valence-electron chi connectivity index (χ0n) is 9.94. The Morgan fingerprint density at radius 1 is 0.900 bits per heavy atom. The van der Waals surface area contributed by atoms with Crippen molar-refractivity contribution in [1.82, 2.24) is 0 Å². The Labute approximate surface area is 129 Å². The van der Waals surface area contributed by atoms with Crippen molar-refractivity contribution in [1.29, 1.82) is 0 Å². The zero-order chi connectivity index (χ0) is 14.9. The standard InChI is InChI=1S/C14H8Cl3F3/c15-7-8-1-2-10(14(18,19)20)5-13(8)9-3-11(16)6-12(17)4-9/h1-6H,7H2. The number of benzene rings is 2. The van der Waals surface area contributed by atoms with E-state index in [1.165, 1.54) is 12.1 Å². The van der Waals surface area contributed by atoms with E-state index in [9.17, 15) is 13.2 Å². The lowest BCUT2D eigenvalue weighted by atomic mass is 9.98. The number of halogens is 6. The molecule has 0 amide bonds. The first-order chi connectivity index (χ1) is 9.31. The van der Waals surface area contributed by atoms with Gasteiger partial charge < -0.3 is 0 Å². The van der Waals surface area contributed by atoms with Crippen LogP contribution in [0.25, 0.3) is 11.1 Å². The van der Waals surface area contributed by atoms with Crippen LogP contribution >= 0.6 is 34.8 Å². The van der Waals surface area contributed by atoms with Crippen molar-refractivity contribution >= 4 is 34.8 Å². The lowest BCUT2D eigenvalue weighted by Crippen LogP contribution is -2.05. The van der Waals surface area contributed by atoms with Gasteiger partial charge in [-0.1, -0.05) is 29.3 Å². The summed E-state index contributed by atoms with van der Waals surface area (Å²) in [6, 6.07) is 8.05. The highest BCUT2D eigenvalue weighted by Crippen LogP contribution is 2.36. The van der Waals surface area contributed by atoms with E-state index in [0.29, 0.717) is 26.7 Å². The van der Waals surface area contributed by atoms with Gasteiger partial charge in [-0.2, -0.15) is 13.2 Å². The fraction of sp³-hybridized carbons (Fsp3) is 0.143. The maximum Gasteiger partial charge on any atom is 0.416 e. The summed E-state index contributed by atoms with van der Waals surface area (Å²) in [5.41, 5.74) is 0.721. The first-order valence-corrected chi connectivity index (χ1v) is 6.83. The molecule has 0 fully saturated rings. The molecule has 2 rings (SSSR count). The molecular weight excluding hydrogens is 332 g/mol. The molecule has 6 heteroatoms. The van der Waals surface area contributed by atoms with Gasteiger partial charge in [-0.25, -0.2) is 0 Å². The maximum atomic E-state index is 12.8. The van der Waals surface area contributed by atoms with Crippen LogP contribution in [0.15, 0.2) is 36.4 Å². The molecule has 0 aliphatic carbocycles. The van der Waals surface area contributed by atoms with E-state index in [-0.39, 0.29) is 5.88 Å². The third-order valence-corrected chi connectivity index (χ3v) is 3.48. The predicted octanol–water partition coefficient (Wildman–Crippen LogP) is 6.42. The van der Waals surface area contributed by atoms with Gasteiger partial charge in [-0.15, -0.1) is 11.6 Å². The number of hydrogen-bond donors (Lipinski definition) is 0. The molecule has 0 N–H and O–H groups in total. The van der Waals surface area contributed by atoms with Gasteiger partial charge in [0.2, 0.25) is 0 Å². The van der Waals surface area contributed by atoms with Crippen molar-refractivity contribution in [3.05, 3.63) is 57.6 Å². The lowest BCUT2D eigenvalue weighted by Gasteiger charge is -2.13. The van der Waals surface area contributed by atoms with Crippen molar-refractivity contribution in [3.63, 3.8) is 0 Å². The second-order valence-electron chi connectivity index (χ2n) is 4.16. The first kappa shape index (κ1) is 15.5. The van der Waals surface area contributed by atoms with Crippen LogP contribution < -0.4 is 0 Å². The Kier molecular flexibility index (Phi) is 4.52. The highest BCUT2D eigenvalue weighted by molar-refractivity contribution is 6.35. The minimum atomic E-state index is -4.41. The van der Waals surface area contributed by atoms with Crippen molar-refractivity contribution in [2.24, 2.45) is 0 Å². The van der Waals surface area contributed by atoms with Crippen molar-refractivity contribution < 1.29 is 13.2 Å². The Morgan fingerprint density at radius 2 is 1.50 bits per heavy atom. The number of rotatable bonds is 2. The highest BCUT2D eigenvalue weighted by atomic mass is 35.5. The van der Waals surface area contributed by atoms with Crippen LogP contribution in [0, 0.1) is 0 Å². The van der Waals surface area contributed by atoms with Crippen LogP contribution in [0.4, 0.5) is 13.2 Å². The molecule has 2 aromatic carbocycles. The van der Waals surface area contributed by atoms with Crippen LogP contribution in [0.5, 0.6) is 0 Å². The second kappa shape index (κ2) is 5.84. The summed E-state index contributed by atoms with van der Waals surface area (Å²) >= 11 is 17.6. The molecule has 0 unspecified atom stereocenters. The van der Waals surface area contributed by atoms with Crippen LogP contribution in [0.2, 0.25) is 10.0 Å². The summed E-state index contributed by atoms with van der Waals surface area (Å²) in [5.74, 6) is 0.0948. The van der Waals surface area contributed by atoms with E-state index in [4.69, 9.17) is 34.8 Å². The number of alkyl halides is 4. The molecule has 0 spiro atoms. The maximum absolute atomic E-state index is 12.8. The van der Waals surface area contributed by atoms with Crippen LogP contribution in [-0.4, -0.2) is 0 Å². The highest BCUT2D eigenvalue weighted by Gasteiger charge is 2.31. The fourth-order valence-electron chi connectivity index (χ4n) is 1.85. The summed E-state index contributed by atoms with van der Waals surface area (Å²) < 4.78 is 38.4. The Hall–Kier alpha value is -0.900. The molecule has 20 heavy (non-hydrogen) atoms. The van der Waals surface area contributed by atoms with Crippen molar-refractivity contribution in [2.45, 2.75) is 12.1 Å². The first-order valence-electron chi connectivity index (χ1n) is 5.54. The molecule has 0 heterocycles. The molecule has 0 saturated heterocycles. The molecule has 106 valence electrons. The minimum Gasteiger partial charge on any atom is -0.166 e. The normalized spacial score (nSPS) is 11.7. The second-order valence-corrected chi connectivity index (χ2v) is 5.30. The van der Waals surface area contributed by atoms with E-state index in [2.05, 4.69) is 0 Å². The zero-order valence-corrected chi connectivity index (χ0v) is 12.2. The Morgan fingerprint density at radius 3 is 2.00 bits per heavy atom. The van der Waals surface area contributed by atoms with Gasteiger partial charge in [0.1, 0.15) is 0 Å². The molecule has 2 aromatic rings. The molecular formula is C14H8Cl3F3. The van der Waals surface area contributed by atoms with E-state index in [1.54, 1.807) is 12.1 Å². The average molecular weight is 340 g/mol. The van der Waals surface area contributed by atoms with Gasteiger partial charge in [0.25, 0.3) is 0 Å². The third-order valence-electron chi connectivity index (χ3n) is 2.75. The SMILES string of the molecule is FC(F)(F)c1ccc(CCl)c(-c2cc(Cl)cc(Cl)c2)c1. The van der Waals surface area contributed by atoms with Gasteiger partial charge in [0.05, 0.1) is 5.56 Å². The summed E-state index contributed by atoms with van der Waals surface area (Å²) in [6.07, 6.45) is -4.41. The quantitative estimate of drug-likeness (QED) is 0.554. The predicted molar refractivity (Wildman–Crippen MR) is 76.5 cm³/mol. The largest absolute Gasteiger partial charge is 0.416 e.